The fourth-order valence-corrected chi connectivity index (χ4v) is 2.98. The number of carboxylic acid groups (broad SMARTS) is 1. The van der Waals surface area contributed by atoms with Gasteiger partial charge in [-0.25, -0.2) is 4.79 Å². The van der Waals surface area contributed by atoms with Crippen LogP contribution in [0.25, 0.3) is 0 Å². The average molecular weight is 410 g/mol. The number of rotatable bonds is 3. The third-order valence-electron chi connectivity index (χ3n) is 3.30. The Morgan fingerprint density at radius 2 is 2.20 bits per heavy atom. The molecule has 1 amide bonds. The molecule has 1 aliphatic rings. The Morgan fingerprint density at radius 3 is 2.80 bits per heavy atom. The first-order valence-corrected chi connectivity index (χ1v) is 7.41. The molecule has 2 atom stereocenters. The zero-order chi connectivity index (χ0) is 14.9. The molecule has 0 aliphatic carbocycles. The van der Waals surface area contributed by atoms with Crippen LogP contribution in [-0.4, -0.2) is 47.7 Å². The van der Waals surface area contributed by atoms with Gasteiger partial charge in [-0.15, -0.1) is 0 Å². The molecule has 20 heavy (non-hydrogen) atoms. The number of carboxylic acids is 1. The third-order valence-corrected chi connectivity index (χ3v) is 4.48. The highest BCUT2D eigenvalue weighted by Crippen LogP contribution is 2.26. The minimum atomic E-state index is -1.02. The van der Waals surface area contributed by atoms with E-state index in [1.165, 1.54) is 12.0 Å². The topological polar surface area (TPSA) is 66.8 Å². The Hall–Kier alpha value is -0.860. The Kier molecular flexibility index (Phi) is 4.87. The predicted molar refractivity (Wildman–Crippen MR) is 82.0 cm³/mol. The number of amides is 1. The molecule has 1 heterocycles. The van der Waals surface area contributed by atoms with Crippen molar-refractivity contribution in [3.05, 3.63) is 32.4 Å². The van der Waals surface area contributed by atoms with Gasteiger partial charge in [-0.3, -0.25) is 4.79 Å². The van der Waals surface area contributed by atoms with Crippen molar-refractivity contribution in [3.8, 4) is 0 Å². The van der Waals surface area contributed by atoms with Crippen molar-refractivity contribution in [2.75, 3.05) is 13.7 Å². The van der Waals surface area contributed by atoms with E-state index in [4.69, 9.17) is 16.3 Å². The standard InChI is InChI=1S/C13H13ClINO4/c1-20-8-5-11(13(18)19)16(6-8)12(17)9-4-7(14)2-3-10(9)15/h2-4,8,11H,5-6H2,1H3,(H,18,19). The highest BCUT2D eigenvalue weighted by molar-refractivity contribution is 14.1. The molecule has 0 spiro atoms. The normalized spacial score (nSPS) is 22.1. The summed E-state index contributed by atoms with van der Waals surface area (Å²) in [6, 6.07) is 4.12. The number of ether oxygens (including phenoxy) is 1. The molecule has 2 rings (SSSR count). The van der Waals surface area contributed by atoms with Crippen molar-refractivity contribution in [2.45, 2.75) is 18.6 Å². The predicted octanol–water partition coefficient (Wildman–Crippen LogP) is 2.26. The molecule has 1 saturated heterocycles. The van der Waals surface area contributed by atoms with Crippen LogP contribution in [0.1, 0.15) is 16.8 Å². The van der Waals surface area contributed by atoms with Crippen LogP contribution in [0, 0.1) is 3.57 Å². The Bertz CT molecular complexity index is 551. The fourth-order valence-electron chi connectivity index (χ4n) is 2.24. The molecule has 1 aliphatic heterocycles. The molecule has 1 aromatic carbocycles. The van der Waals surface area contributed by atoms with Gasteiger partial charge in [0.2, 0.25) is 0 Å². The van der Waals surface area contributed by atoms with Gasteiger partial charge in [-0.05, 0) is 40.8 Å². The number of nitrogens with zero attached hydrogens (tertiary/aromatic N) is 1. The van der Waals surface area contributed by atoms with Crippen LogP contribution in [0.15, 0.2) is 18.2 Å². The van der Waals surface area contributed by atoms with Crippen LogP contribution in [0.4, 0.5) is 0 Å². The van der Waals surface area contributed by atoms with Crippen molar-refractivity contribution < 1.29 is 19.4 Å². The number of likely N-dealkylation sites (tertiary alicyclic amines) is 1. The molecule has 5 nitrogen and oxygen atoms in total. The van der Waals surface area contributed by atoms with E-state index in [0.29, 0.717) is 17.0 Å². The lowest BCUT2D eigenvalue weighted by Gasteiger charge is -2.22. The molecule has 1 fully saturated rings. The molecule has 0 radical (unpaired) electrons. The highest BCUT2D eigenvalue weighted by atomic mass is 127. The maximum Gasteiger partial charge on any atom is 0.326 e. The lowest BCUT2D eigenvalue weighted by atomic mass is 10.1. The van der Waals surface area contributed by atoms with Crippen LogP contribution < -0.4 is 0 Å². The van der Waals surface area contributed by atoms with Crippen LogP contribution in [-0.2, 0) is 9.53 Å². The van der Waals surface area contributed by atoms with Gasteiger partial charge in [0.25, 0.3) is 5.91 Å². The SMILES string of the molecule is COC1CC(C(=O)O)N(C(=O)c2cc(Cl)ccc2I)C1. The molecule has 0 saturated carbocycles. The first kappa shape index (κ1) is 15.5. The number of methoxy groups -OCH3 is 1. The highest BCUT2D eigenvalue weighted by Gasteiger charge is 2.40. The number of hydrogen-bond donors (Lipinski definition) is 1. The molecule has 7 heteroatoms. The fraction of sp³-hybridized carbons (Fsp3) is 0.385. The summed E-state index contributed by atoms with van der Waals surface area (Å²) >= 11 is 7.94. The van der Waals surface area contributed by atoms with Crippen molar-refractivity contribution in [2.24, 2.45) is 0 Å². The van der Waals surface area contributed by atoms with Crippen molar-refractivity contribution in [1.29, 1.82) is 0 Å². The molecule has 0 bridgehead atoms. The lowest BCUT2D eigenvalue weighted by molar-refractivity contribution is -0.141. The Morgan fingerprint density at radius 1 is 1.50 bits per heavy atom. The number of carbonyl (C=O) groups is 2. The quantitative estimate of drug-likeness (QED) is 0.778. The minimum Gasteiger partial charge on any atom is -0.480 e. The summed E-state index contributed by atoms with van der Waals surface area (Å²) in [4.78, 5) is 25.2. The van der Waals surface area contributed by atoms with Crippen molar-refractivity contribution >= 4 is 46.1 Å². The van der Waals surface area contributed by atoms with E-state index in [9.17, 15) is 14.7 Å². The number of hydrogen-bond acceptors (Lipinski definition) is 3. The summed E-state index contributed by atoms with van der Waals surface area (Å²) in [5, 5.41) is 9.69. The van der Waals surface area contributed by atoms with E-state index in [-0.39, 0.29) is 18.6 Å². The molecule has 108 valence electrons. The monoisotopic (exact) mass is 409 g/mol. The van der Waals surface area contributed by atoms with Crippen LogP contribution >= 0.6 is 34.2 Å². The number of aliphatic carboxylic acids is 1. The van der Waals surface area contributed by atoms with E-state index in [0.717, 1.165) is 3.57 Å². The van der Waals surface area contributed by atoms with E-state index >= 15 is 0 Å². The second kappa shape index (κ2) is 6.28. The van der Waals surface area contributed by atoms with Gasteiger partial charge < -0.3 is 14.7 Å². The van der Waals surface area contributed by atoms with Crippen LogP contribution in [0.2, 0.25) is 5.02 Å². The molecule has 1 aromatic rings. The lowest BCUT2D eigenvalue weighted by Crippen LogP contribution is -2.40. The third kappa shape index (κ3) is 3.07. The van der Waals surface area contributed by atoms with Gasteiger partial charge in [-0.1, -0.05) is 11.6 Å². The second-order valence-corrected chi connectivity index (χ2v) is 6.13. The van der Waals surface area contributed by atoms with E-state index in [1.54, 1.807) is 18.2 Å². The van der Waals surface area contributed by atoms with Gasteiger partial charge in [0, 0.05) is 28.7 Å². The minimum absolute atomic E-state index is 0.253. The van der Waals surface area contributed by atoms with Gasteiger partial charge in [0.05, 0.1) is 11.7 Å². The summed E-state index contributed by atoms with van der Waals surface area (Å²) in [5.41, 5.74) is 0.418. The van der Waals surface area contributed by atoms with Gasteiger partial charge in [0.1, 0.15) is 6.04 Å². The summed E-state index contributed by atoms with van der Waals surface area (Å²) in [5.74, 6) is -1.35. The summed E-state index contributed by atoms with van der Waals surface area (Å²) in [6.07, 6.45) is 0.0474. The zero-order valence-corrected chi connectivity index (χ0v) is 13.6. The Balaban J connectivity index is 2.31. The molecule has 2 unspecified atom stereocenters. The molecule has 0 aromatic heterocycles. The van der Waals surface area contributed by atoms with Crippen LogP contribution in [0.3, 0.4) is 0 Å². The molecule has 1 N–H and O–H groups in total. The first-order valence-electron chi connectivity index (χ1n) is 5.95. The smallest absolute Gasteiger partial charge is 0.326 e. The number of halogens is 2. The Labute approximate surface area is 135 Å². The number of benzene rings is 1. The number of carbonyl (C=O) groups excluding carboxylic acids is 1. The van der Waals surface area contributed by atoms with Crippen molar-refractivity contribution in [1.82, 2.24) is 4.90 Å². The average Bonchev–Trinajstić information content (AvgIpc) is 2.85. The zero-order valence-electron chi connectivity index (χ0n) is 10.7. The maximum atomic E-state index is 12.5. The van der Waals surface area contributed by atoms with Crippen LogP contribution in [0.5, 0.6) is 0 Å². The summed E-state index contributed by atoms with van der Waals surface area (Å²) in [7, 11) is 1.51. The van der Waals surface area contributed by atoms with Crippen molar-refractivity contribution in [3.63, 3.8) is 0 Å². The van der Waals surface area contributed by atoms with Gasteiger partial charge in [0.15, 0.2) is 0 Å². The molecular formula is C13H13ClINO4. The van der Waals surface area contributed by atoms with Gasteiger partial charge >= 0.3 is 5.97 Å². The summed E-state index contributed by atoms with van der Waals surface area (Å²) < 4.78 is 5.91. The summed E-state index contributed by atoms with van der Waals surface area (Å²) in [6.45, 7) is 0.273. The van der Waals surface area contributed by atoms with E-state index < -0.39 is 12.0 Å². The van der Waals surface area contributed by atoms with E-state index in [1.807, 2.05) is 22.6 Å². The second-order valence-electron chi connectivity index (χ2n) is 4.53. The largest absolute Gasteiger partial charge is 0.480 e. The first-order chi connectivity index (χ1) is 9.43. The van der Waals surface area contributed by atoms with E-state index in [2.05, 4.69) is 0 Å². The van der Waals surface area contributed by atoms with Gasteiger partial charge in [-0.2, -0.15) is 0 Å². The maximum absolute atomic E-state index is 12.5. The molecular weight excluding hydrogens is 397 g/mol.